The second kappa shape index (κ2) is 7.57. The summed E-state index contributed by atoms with van der Waals surface area (Å²) in [5.41, 5.74) is 1.60. The molecule has 8 heteroatoms. The van der Waals surface area contributed by atoms with Gasteiger partial charge in [-0.05, 0) is 57.1 Å². The van der Waals surface area contributed by atoms with Crippen molar-refractivity contribution in [2.75, 3.05) is 10.6 Å². The summed E-state index contributed by atoms with van der Waals surface area (Å²) in [6.07, 6.45) is 2.76. The summed E-state index contributed by atoms with van der Waals surface area (Å²) in [6, 6.07) is 3.08. The van der Waals surface area contributed by atoms with Gasteiger partial charge >= 0.3 is 6.03 Å². The number of hydrogen-bond donors (Lipinski definition) is 3. The van der Waals surface area contributed by atoms with Crippen LogP contribution < -0.4 is 10.6 Å². The van der Waals surface area contributed by atoms with Gasteiger partial charge in [0.1, 0.15) is 5.82 Å². The van der Waals surface area contributed by atoms with E-state index in [-0.39, 0.29) is 23.6 Å². The summed E-state index contributed by atoms with van der Waals surface area (Å²) in [4.78, 5) is 28.1. The third-order valence-electron chi connectivity index (χ3n) is 7.80. The van der Waals surface area contributed by atoms with Crippen LogP contribution in [0.1, 0.15) is 76.3 Å². The average Bonchev–Trinajstić information content (AvgIpc) is 3.18. The summed E-state index contributed by atoms with van der Waals surface area (Å²) in [7, 11) is 0. The van der Waals surface area contributed by atoms with Crippen molar-refractivity contribution in [1.82, 2.24) is 15.1 Å². The maximum Gasteiger partial charge on any atom is 0.323 e. The van der Waals surface area contributed by atoms with Gasteiger partial charge in [-0.3, -0.25) is 9.89 Å². The first kappa shape index (κ1) is 23.3. The Bertz CT molecular complexity index is 1120. The lowest BCUT2D eigenvalue weighted by molar-refractivity contribution is -0.139. The number of amides is 3. The lowest BCUT2D eigenvalue weighted by Crippen LogP contribution is -2.51. The van der Waals surface area contributed by atoms with Gasteiger partial charge in [0, 0.05) is 5.56 Å². The molecule has 2 aliphatic rings. The van der Waals surface area contributed by atoms with Gasteiger partial charge in [0.25, 0.3) is 0 Å². The Kier molecular flexibility index (Phi) is 5.34. The standard InChI is InChI=1S/C25H34FN5O2/c1-14-9-10-15(2)18(17(14)26)27-22(33)31-13-16-19(24(31,6)7)29-30-20(16)28-21(32)25(11-8-12-25)23(3,4)5/h9-10H,8,11-13H2,1-7H3,(H,27,33)(H2,28,29,30,32). The normalized spacial score (nSPS) is 18.5. The Morgan fingerprint density at radius 2 is 1.76 bits per heavy atom. The summed E-state index contributed by atoms with van der Waals surface area (Å²) in [6.45, 7) is 13.8. The molecule has 3 amide bonds. The summed E-state index contributed by atoms with van der Waals surface area (Å²) in [5, 5.41) is 13.2. The first-order valence-electron chi connectivity index (χ1n) is 11.5. The molecular weight excluding hydrogens is 421 g/mol. The molecule has 4 rings (SSSR count). The molecule has 1 aliphatic heterocycles. The van der Waals surface area contributed by atoms with Crippen LogP contribution in [-0.2, 0) is 16.9 Å². The first-order valence-corrected chi connectivity index (χ1v) is 11.5. The molecule has 2 aromatic rings. The van der Waals surface area contributed by atoms with Crippen LogP contribution in [0.2, 0.25) is 0 Å². The van der Waals surface area contributed by atoms with Crippen LogP contribution in [0.3, 0.4) is 0 Å². The van der Waals surface area contributed by atoms with E-state index in [1.807, 2.05) is 13.8 Å². The van der Waals surface area contributed by atoms with Crippen molar-refractivity contribution >= 4 is 23.4 Å². The van der Waals surface area contributed by atoms with Crippen LogP contribution in [0.5, 0.6) is 0 Å². The van der Waals surface area contributed by atoms with Gasteiger partial charge in [0.15, 0.2) is 5.82 Å². The molecule has 1 saturated carbocycles. The highest BCUT2D eigenvalue weighted by Gasteiger charge is 2.53. The number of aromatic nitrogens is 2. The van der Waals surface area contributed by atoms with Crippen molar-refractivity contribution in [3.63, 3.8) is 0 Å². The number of carbonyl (C=O) groups is 2. The minimum atomic E-state index is -0.707. The van der Waals surface area contributed by atoms with Gasteiger partial charge in [0.05, 0.1) is 28.9 Å². The zero-order chi connectivity index (χ0) is 24.3. The van der Waals surface area contributed by atoms with Crippen LogP contribution in [0.25, 0.3) is 0 Å². The van der Waals surface area contributed by atoms with E-state index in [1.165, 1.54) is 0 Å². The van der Waals surface area contributed by atoms with E-state index in [0.29, 0.717) is 16.9 Å². The number of halogens is 1. The summed E-state index contributed by atoms with van der Waals surface area (Å²) < 4.78 is 14.7. The molecule has 0 atom stereocenters. The predicted octanol–water partition coefficient (Wildman–Crippen LogP) is 5.60. The van der Waals surface area contributed by atoms with Crippen LogP contribution >= 0.6 is 0 Å². The van der Waals surface area contributed by atoms with E-state index < -0.39 is 22.8 Å². The van der Waals surface area contributed by atoms with Crippen molar-refractivity contribution in [3.05, 3.63) is 40.3 Å². The molecule has 7 nitrogen and oxygen atoms in total. The third-order valence-corrected chi connectivity index (χ3v) is 7.80. The molecule has 0 saturated heterocycles. The number of rotatable bonds is 3. The molecule has 1 aromatic carbocycles. The largest absolute Gasteiger partial charge is 0.323 e. The van der Waals surface area contributed by atoms with Crippen LogP contribution in [0.4, 0.5) is 20.7 Å². The SMILES string of the molecule is Cc1ccc(C)c(NC(=O)N2Cc3c(NC(=O)C4(C(C)(C)C)CCC4)n[nH]c3C2(C)C)c1F. The Hall–Kier alpha value is -2.90. The number of hydrogen-bond acceptors (Lipinski definition) is 3. The Morgan fingerprint density at radius 1 is 1.12 bits per heavy atom. The molecule has 0 bridgehead atoms. The molecule has 3 N–H and O–H groups in total. The zero-order valence-electron chi connectivity index (χ0n) is 20.6. The van der Waals surface area contributed by atoms with E-state index >= 15 is 0 Å². The molecule has 33 heavy (non-hydrogen) atoms. The van der Waals surface area contributed by atoms with Gasteiger partial charge in [-0.2, -0.15) is 5.10 Å². The highest BCUT2D eigenvalue weighted by molar-refractivity contribution is 5.97. The molecule has 2 heterocycles. The number of anilines is 2. The second-order valence-electron chi connectivity index (χ2n) is 11.0. The Labute approximate surface area is 194 Å². The van der Waals surface area contributed by atoms with E-state index in [2.05, 4.69) is 41.6 Å². The quantitative estimate of drug-likeness (QED) is 0.562. The van der Waals surface area contributed by atoms with Gasteiger partial charge in [-0.25, -0.2) is 9.18 Å². The molecule has 0 unspecified atom stereocenters. The fourth-order valence-corrected chi connectivity index (χ4v) is 5.12. The number of H-pyrrole nitrogens is 1. The number of urea groups is 1. The van der Waals surface area contributed by atoms with Gasteiger partial charge in [0.2, 0.25) is 5.91 Å². The topological polar surface area (TPSA) is 90.1 Å². The molecule has 0 spiro atoms. The van der Waals surface area contributed by atoms with Gasteiger partial charge < -0.3 is 15.5 Å². The van der Waals surface area contributed by atoms with Gasteiger partial charge in [-0.1, -0.05) is 39.3 Å². The maximum absolute atomic E-state index is 14.7. The highest BCUT2D eigenvalue weighted by Crippen LogP contribution is 2.54. The van der Waals surface area contributed by atoms with Crippen molar-refractivity contribution in [3.8, 4) is 0 Å². The number of aryl methyl sites for hydroxylation is 2. The minimum Gasteiger partial charge on any atom is -0.309 e. The number of benzene rings is 1. The lowest BCUT2D eigenvalue weighted by Gasteiger charge is -2.49. The average molecular weight is 456 g/mol. The van der Waals surface area contributed by atoms with E-state index in [9.17, 15) is 14.0 Å². The summed E-state index contributed by atoms with van der Waals surface area (Å²) >= 11 is 0. The number of nitrogens with zero attached hydrogens (tertiary/aromatic N) is 2. The maximum atomic E-state index is 14.7. The predicted molar refractivity (Wildman–Crippen MR) is 126 cm³/mol. The van der Waals surface area contributed by atoms with Crippen molar-refractivity contribution < 1.29 is 14.0 Å². The smallest absolute Gasteiger partial charge is 0.309 e. The fraction of sp³-hybridized carbons (Fsp3) is 0.560. The zero-order valence-corrected chi connectivity index (χ0v) is 20.6. The second-order valence-corrected chi connectivity index (χ2v) is 11.0. The van der Waals surface area contributed by atoms with Crippen molar-refractivity contribution in [2.24, 2.45) is 10.8 Å². The Morgan fingerprint density at radius 3 is 2.33 bits per heavy atom. The minimum absolute atomic E-state index is 0.0197. The van der Waals surface area contributed by atoms with Crippen LogP contribution in [0, 0.1) is 30.5 Å². The number of fused-ring (bicyclic) bond motifs is 1. The van der Waals surface area contributed by atoms with Crippen molar-refractivity contribution in [1.29, 1.82) is 0 Å². The number of nitrogens with one attached hydrogen (secondary N) is 3. The van der Waals surface area contributed by atoms with E-state index in [0.717, 1.165) is 30.5 Å². The molecule has 1 aliphatic carbocycles. The third kappa shape index (κ3) is 3.50. The lowest BCUT2D eigenvalue weighted by atomic mass is 9.54. The number of aromatic amines is 1. The molecular formula is C25H34FN5O2. The van der Waals surface area contributed by atoms with E-state index in [4.69, 9.17) is 0 Å². The fourth-order valence-electron chi connectivity index (χ4n) is 5.12. The van der Waals surface area contributed by atoms with Crippen LogP contribution in [0.15, 0.2) is 12.1 Å². The molecule has 178 valence electrons. The number of carbonyl (C=O) groups excluding carboxylic acids is 2. The summed E-state index contributed by atoms with van der Waals surface area (Å²) in [5.74, 6) is 0.0157. The monoisotopic (exact) mass is 455 g/mol. The molecule has 1 fully saturated rings. The first-order chi connectivity index (χ1) is 15.3. The van der Waals surface area contributed by atoms with Gasteiger partial charge in [-0.15, -0.1) is 0 Å². The highest BCUT2D eigenvalue weighted by atomic mass is 19.1. The van der Waals surface area contributed by atoms with Crippen molar-refractivity contribution in [2.45, 2.75) is 79.8 Å². The molecule has 1 aromatic heterocycles. The Balaban J connectivity index is 1.57. The van der Waals surface area contributed by atoms with Crippen LogP contribution in [-0.4, -0.2) is 27.0 Å². The molecule has 0 radical (unpaired) electrons. The van der Waals surface area contributed by atoms with E-state index in [1.54, 1.807) is 30.9 Å².